The first-order valence-electron chi connectivity index (χ1n) is 10.4. The summed E-state index contributed by atoms with van der Waals surface area (Å²) in [7, 11) is 0. The van der Waals surface area contributed by atoms with Gasteiger partial charge in [-0.2, -0.15) is 0 Å². The Balaban J connectivity index is 1.59. The van der Waals surface area contributed by atoms with E-state index in [-0.39, 0.29) is 5.91 Å². The van der Waals surface area contributed by atoms with Crippen molar-refractivity contribution < 1.29 is 4.79 Å². The third-order valence-corrected chi connectivity index (χ3v) is 5.48. The highest BCUT2D eigenvalue weighted by molar-refractivity contribution is 5.90. The predicted molar refractivity (Wildman–Crippen MR) is 122 cm³/mol. The number of rotatable bonds is 7. The number of hydrogen-bond acceptors (Lipinski definition) is 2. The second kappa shape index (κ2) is 9.36. The van der Waals surface area contributed by atoms with Gasteiger partial charge >= 0.3 is 0 Å². The number of amides is 1. The van der Waals surface area contributed by atoms with Crippen LogP contribution in [0.25, 0.3) is 10.8 Å². The summed E-state index contributed by atoms with van der Waals surface area (Å²) in [5.74, 6) is 0.120. The largest absolute Gasteiger partial charge is 0.334 e. The van der Waals surface area contributed by atoms with Crippen molar-refractivity contribution in [3.05, 3.63) is 114 Å². The molecular formula is C27H26N2O. The maximum Gasteiger partial charge on any atom is 0.227 e. The van der Waals surface area contributed by atoms with E-state index in [0.717, 1.165) is 33.9 Å². The minimum atomic E-state index is 0.120. The Bertz CT molecular complexity index is 1120. The molecule has 30 heavy (non-hydrogen) atoms. The van der Waals surface area contributed by atoms with Gasteiger partial charge < -0.3 is 4.90 Å². The van der Waals surface area contributed by atoms with Gasteiger partial charge in [-0.05, 0) is 45.5 Å². The molecule has 0 fully saturated rings. The first-order chi connectivity index (χ1) is 14.7. The average Bonchev–Trinajstić information content (AvgIpc) is 2.80. The van der Waals surface area contributed by atoms with Crippen LogP contribution in [0.5, 0.6) is 0 Å². The van der Waals surface area contributed by atoms with E-state index < -0.39 is 0 Å². The van der Waals surface area contributed by atoms with Crippen LogP contribution >= 0.6 is 0 Å². The van der Waals surface area contributed by atoms with Crippen molar-refractivity contribution in [2.45, 2.75) is 32.9 Å². The monoisotopic (exact) mass is 394 g/mol. The van der Waals surface area contributed by atoms with Crippen LogP contribution in [0, 0.1) is 0 Å². The number of carbonyl (C=O) groups excluding carboxylic acids is 1. The highest BCUT2D eigenvalue weighted by atomic mass is 16.2. The third-order valence-electron chi connectivity index (χ3n) is 5.48. The molecule has 1 aromatic heterocycles. The number of aromatic nitrogens is 1. The summed E-state index contributed by atoms with van der Waals surface area (Å²) in [6.07, 6.45) is 4.99. The number of benzene rings is 3. The van der Waals surface area contributed by atoms with Crippen LogP contribution in [-0.2, 0) is 30.7 Å². The molecule has 3 aromatic carbocycles. The molecule has 4 rings (SSSR count). The SMILES string of the molecule is CCc1ccc(CN(Cc2cccnc2)C(=O)Cc2cccc3ccccc23)cc1. The number of carbonyl (C=O) groups is 1. The lowest BCUT2D eigenvalue weighted by molar-refractivity contribution is -0.131. The topological polar surface area (TPSA) is 33.2 Å². The molecule has 150 valence electrons. The molecule has 3 heteroatoms. The van der Waals surface area contributed by atoms with E-state index in [0.29, 0.717) is 19.5 Å². The standard InChI is InChI=1S/C27H26N2O/c1-2-21-12-14-22(15-13-21)19-29(20-23-7-6-16-28-18-23)27(30)17-25-10-5-9-24-8-3-4-11-26(24)25/h3-16,18H,2,17,19-20H2,1H3. The van der Waals surface area contributed by atoms with Crippen LogP contribution in [-0.4, -0.2) is 15.8 Å². The van der Waals surface area contributed by atoms with Crippen molar-refractivity contribution in [3.63, 3.8) is 0 Å². The first kappa shape index (κ1) is 19.8. The Kier molecular flexibility index (Phi) is 6.19. The normalized spacial score (nSPS) is 10.8. The summed E-state index contributed by atoms with van der Waals surface area (Å²) in [4.78, 5) is 19.5. The second-order valence-electron chi connectivity index (χ2n) is 7.60. The van der Waals surface area contributed by atoms with Crippen molar-refractivity contribution in [2.75, 3.05) is 0 Å². The molecule has 0 aliphatic carbocycles. The van der Waals surface area contributed by atoms with Gasteiger partial charge in [0.05, 0.1) is 6.42 Å². The van der Waals surface area contributed by atoms with Gasteiger partial charge in [0.25, 0.3) is 0 Å². The Morgan fingerprint density at radius 3 is 2.30 bits per heavy atom. The molecule has 0 aliphatic rings. The summed E-state index contributed by atoms with van der Waals surface area (Å²) < 4.78 is 0. The van der Waals surface area contributed by atoms with Crippen LogP contribution in [0.2, 0.25) is 0 Å². The minimum Gasteiger partial charge on any atom is -0.334 e. The zero-order valence-corrected chi connectivity index (χ0v) is 17.3. The number of fused-ring (bicyclic) bond motifs is 1. The maximum absolute atomic E-state index is 13.4. The Labute approximate surface area is 178 Å². The van der Waals surface area contributed by atoms with E-state index in [9.17, 15) is 4.79 Å². The van der Waals surface area contributed by atoms with Crippen LogP contribution in [0.3, 0.4) is 0 Å². The molecule has 1 amide bonds. The van der Waals surface area contributed by atoms with Crippen molar-refractivity contribution in [2.24, 2.45) is 0 Å². The molecule has 0 N–H and O–H groups in total. The molecule has 1 heterocycles. The molecule has 0 aliphatic heterocycles. The van der Waals surface area contributed by atoms with Gasteiger partial charge in [-0.3, -0.25) is 9.78 Å². The number of hydrogen-bond donors (Lipinski definition) is 0. The first-order valence-corrected chi connectivity index (χ1v) is 10.4. The summed E-state index contributed by atoms with van der Waals surface area (Å²) >= 11 is 0. The van der Waals surface area contributed by atoms with Gasteiger partial charge in [-0.15, -0.1) is 0 Å². The smallest absolute Gasteiger partial charge is 0.227 e. The highest BCUT2D eigenvalue weighted by Gasteiger charge is 2.17. The van der Waals surface area contributed by atoms with Crippen LogP contribution in [0.15, 0.2) is 91.3 Å². The van der Waals surface area contributed by atoms with E-state index in [4.69, 9.17) is 0 Å². The van der Waals surface area contributed by atoms with Crippen LogP contribution < -0.4 is 0 Å². The number of pyridine rings is 1. The summed E-state index contributed by atoms with van der Waals surface area (Å²) in [6.45, 7) is 3.28. The van der Waals surface area contributed by atoms with Crippen molar-refractivity contribution >= 4 is 16.7 Å². The molecule has 0 saturated heterocycles. The summed E-state index contributed by atoms with van der Waals surface area (Å²) in [5, 5.41) is 2.30. The Morgan fingerprint density at radius 2 is 1.53 bits per heavy atom. The van der Waals surface area contributed by atoms with Gasteiger partial charge in [-0.1, -0.05) is 79.7 Å². The van der Waals surface area contributed by atoms with Crippen molar-refractivity contribution in [1.82, 2.24) is 9.88 Å². The summed E-state index contributed by atoms with van der Waals surface area (Å²) in [6, 6.07) is 26.9. The molecule has 0 radical (unpaired) electrons. The van der Waals surface area contributed by atoms with Gasteiger partial charge in [0.1, 0.15) is 0 Å². The minimum absolute atomic E-state index is 0.120. The average molecular weight is 395 g/mol. The highest BCUT2D eigenvalue weighted by Crippen LogP contribution is 2.20. The van der Waals surface area contributed by atoms with E-state index in [1.807, 2.05) is 41.4 Å². The van der Waals surface area contributed by atoms with Crippen molar-refractivity contribution in [1.29, 1.82) is 0 Å². The molecular weight excluding hydrogens is 368 g/mol. The number of aryl methyl sites for hydroxylation is 1. The zero-order chi connectivity index (χ0) is 20.8. The van der Waals surface area contributed by atoms with Gasteiger partial charge in [0.15, 0.2) is 0 Å². The number of nitrogens with zero attached hydrogens (tertiary/aromatic N) is 2. The Morgan fingerprint density at radius 1 is 0.800 bits per heavy atom. The zero-order valence-electron chi connectivity index (χ0n) is 17.3. The molecule has 4 aromatic rings. The third kappa shape index (κ3) is 4.74. The molecule has 0 atom stereocenters. The fourth-order valence-corrected chi connectivity index (χ4v) is 3.77. The molecule has 0 bridgehead atoms. The van der Waals surface area contributed by atoms with E-state index in [1.54, 1.807) is 6.20 Å². The lowest BCUT2D eigenvalue weighted by Gasteiger charge is -2.23. The second-order valence-corrected chi connectivity index (χ2v) is 7.60. The maximum atomic E-state index is 13.4. The molecule has 0 unspecified atom stereocenters. The van der Waals surface area contributed by atoms with Crippen molar-refractivity contribution in [3.8, 4) is 0 Å². The quantitative estimate of drug-likeness (QED) is 0.411. The van der Waals surface area contributed by atoms with Gasteiger partial charge in [-0.25, -0.2) is 0 Å². The van der Waals surface area contributed by atoms with Crippen LogP contribution in [0.1, 0.15) is 29.2 Å². The van der Waals surface area contributed by atoms with E-state index in [2.05, 4.69) is 60.4 Å². The predicted octanol–water partition coefficient (Wildman–Crippen LogP) is 5.57. The Hall–Kier alpha value is -3.46. The van der Waals surface area contributed by atoms with E-state index >= 15 is 0 Å². The fraction of sp³-hybridized carbons (Fsp3) is 0.185. The summed E-state index contributed by atoms with van der Waals surface area (Å²) in [5.41, 5.74) is 4.55. The van der Waals surface area contributed by atoms with Gasteiger partial charge in [0, 0.05) is 25.5 Å². The lowest BCUT2D eigenvalue weighted by atomic mass is 10.0. The molecule has 0 saturated carbocycles. The molecule has 0 spiro atoms. The lowest BCUT2D eigenvalue weighted by Crippen LogP contribution is -2.31. The molecule has 3 nitrogen and oxygen atoms in total. The van der Waals surface area contributed by atoms with Gasteiger partial charge in [0.2, 0.25) is 5.91 Å². The van der Waals surface area contributed by atoms with E-state index in [1.165, 1.54) is 5.56 Å². The fourth-order valence-electron chi connectivity index (χ4n) is 3.77. The van der Waals surface area contributed by atoms with Crippen LogP contribution in [0.4, 0.5) is 0 Å².